The van der Waals surface area contributed by atoms with Crippen LogP contribution in [0, 0.1) is 0 Å². The summed E-state index contributed by atoms with van der Waals surface area (Å²) in [7, 11) is 0. The maximum absolute atomic E-state index is 2.55. The fourth-order valence-corrected chi connectivity index (χ4v) is 13.9. The first-order valence-corrected chi connectivity index (χ1v) is 24.5. The Hall–Kier alpha value is -8.98. The average Bonchev–Trinajstić information content (AvgIpc) is 4.12. The molecule has 0 fully saturated rings. The topological polar surface area (TPSA) is 8.17 Å². The van der Waals surface area contributed by atoms with Crippen LogP contribution in [0.5, 0.6) is 0 Å². The minimum absolute atomic E-state index is 0.480. The van der Waals surface area contributed by atoms with Gasteiger partial charge in [-0.25, -0.2) is 0 Å². The molecule has 1 atom stereocenters. The highest BCUT2D eigenvalue weighted by Gasteiger charge is 2.53. The highest BCUT2D eigenvalue weighted by molar-refractivity contribution is 6.13. The lowest BCUT2D eigenvalue weighted by Gasteiger charge is -2.40. The van der Waals surface area contributed by atoms with E-state index in [-0.39, 0.29) is 0 Å². The molecule has 1 aromatic heterocycles. The molecular formula is C68H42N2. The van der Waals surface area contributed by atoms with Gasteiger partial charge in [-0.15, -0.1) is 0 Å². The van der Waals surface area contributed by atoms with E-state index in [4.69, 9.17) is 0 Å². The van der Waals surface area contributed by atoms with Gasteiger partial charge in [-0.1, -0.05) is 212 Å². The van der Waals surface area contributed by atoms with Gasteiger partial charge in [0.05, 0.1) is 33.2 Å². The van der Waals surface area contributed by atoms with Crippen LogP contribution >= 0.6 is 0 Å². The van der Waals surface area contributed by atoms with Crippen LogP contribution in [0.15, 0.2) is 255 Å². The highest BCUT2D eigenvalue weighted by atomic mass is 15.1. The molecule has 0 radical (unpaired) electrons. The Morgan fingerprint density at radius 3 is 1.31 bits per heavy atom. The molecule has 70 heavy (non-hydrogen) atoms. The van der Waals surface area contributed by atoms with Crippen LogP contribution in [-0.4, -0.2) is 4.57 Å². The number of nitrogens with zero attached hydrogens (tertiary/aromatic N) is 2. The van der Waals surface area contributed by atoms with E-state index in [1.807, 2.05) is 0 Å². The fraction of sp³-hybridized carbons (Fsp3) is 0.0294. The molecule has 0 bridgehead atoms. The van der Waals surface area contributed by atoms with E-state index in [0.29, 0.717) is 0 Å². The van der Waals surface area contributed by atoms with Gasteiger partial charge in [-0.2, -0.15) is 0 Å². The van der Waals surface area contributed by atoms with Crippen LogP contribution in [0.25, 0.3) is 72.0 Å². The number of fused-ring (bicyclic) bond motifs is 22. The van der Waals surface area contributed by atoms with Gasteiger partial charge in [0, 0.05) is 27.7 Å². The number of anilines is 3. The molecule has 2 spiro atoms. The number of benzene rings is 11. The molecule has 2 heterocycles. The van der Waals surface area contributed by atoms with E-state index in [1.54, 1.807) is 0 Å². The lowest BCUT2D eigenvalue weighted by molar-refractivity contribution is 0.748. The lowest BCUT2D eigenvalue weighted by atomic mass is 9.65. The van der Waals surface area contributed by atoms with E-state index in [2.05, 4.69) is 264 Å². The summed E-state index contributed by atoms with van der Waals surface area (Å²) in [5.41, 5.74) is 26.7. The van der Waals surface area contributed by atoms with Crippen LogP contribution in [0.1, 0.15) is 44.5 Å². The van der Waals surface area contributed by atoms with Crippen LogP contribution in [0.4, 0.5) is 17.1 Å². The zero-order valence-electron chi connectivity index (χ0n) is 38.1. The SMILES string of the molecule is c1ccc(-c2ccccc2N(c2ccc3c(c2)C2(c4ccccc4-c4ccccc42)c2ccccc2-3)c2ccc3c(c2)C2(c4ccccc4-3)c3ccccc3-n3c4ccccc4c4cccc2c43)cc1. The zero-order valence-corrected chi connectivity index (χ0v) is 38.1. The molecular weight excluding hydrogens is 845 g/mol. The van der Waals surface area contributed by atoms with Gasteiger partial charge in [0.1, 0.15) is 0 Å². The van der Waals surface area contributed by atoms with Crippen molar-refractivity contribution in [1.29, 1.82) is 0 Å². The third-order valence-corrected chi connectivity index (χ3v) is 16.4. The Bertz CT molecular complexity index is 4150. The minimum atomic E-state index is -0.589. The Balaban J connectivity index is 1.00. The molecule has 1 unspecified atom stereocenters. The Morgan fingerprint density at radius 1 is 0.286 bits per heavy atom. The molecule has 1 aliphatic heterocycles. The summed E-state index contributed by atoms with van der Waals surface area (Å²) < 4.78 is 2.53. The third kappa shape index (κ3) is 4.59. The van der Waals surface area contributed by atoms with E-state index >= 15 is 0 Å². The first kappa shape index (κ1) is 38.0. The predicted molar refractivity (Wildman–Crippen MR) is 288 cm³/mol. The smallest absolute Gasteiger partial charge is 0.0755 e. The first-order chi connectivity index (χ1) is 34.8. The van der Waals surface area contributed by atoms with E-state index in [0.717, 1.165) is 17.1 Å². The molecule has 12 aromatic rings. The van der Waals surface area contributed by atoms with Gasteiger partial charge in [-0.05, 0) is 126 Å². The summed E-state index contributed by atoms with van der Waals surface area (Å²) in [5.74, 6) is 0. The number of para-hydroxylation sites is 4. The average molecular weight is 887 g/mol. The molecule has 16 rings (SSSR count). The Morgan fingerprint density at radius 2 is 0.714 bits per heavy atom. The number of hydrogen-bond donors (Lipinski definition) is 0. The van der Waals surface area contributed by atoms with Crippen molar-refractivity contribution in [3.05, 3.63) is 299 Å². The summed E-state index contributed by atoms with van der Waals surface area (Å²) >= 11 is 0. The van der Waals surface area contributed by atoms with Crippen molar-refractivity contribution in [1.82, 2.24) is 4.57 Å². The van der Waals surface area contributed by atoms with Crippen molar-refractivity contribution in [2.45, 2.75) is 10.8 Å². The first-order valence-electron chi connectivity index (χ1n) is 24.5. The molecule has 0 saturated carbocycles. The molecule has 0 N–H and O–H groups in total. The maximum atomic E-state index is 2.55. The lowest BCUT2D eigenvalue weighted by Crippen LogP contribution is -2.33. The summed E-state index contributed by atoms with van der Waals surface area (Å²) in [6.45, 7) is 0. The van der Waals surface area contributed by atoms with Gasteiger partial charge in [0.15, 0.2) is 0 Å². The van der Waals surface area contributed by atoms with E-state index in [9.17, 15) is 0 Å². The summed E-state index contributed by atoms with van der Waals surface area (Å²) in [5, 5.41) is 2.56. The van der Waals surface area contributed by atoms with Crippen molar-refractivity contribution < 1.29 is 0 Å². The number of rotatable bonds is 4. The maximum Gasteiger partial charge on any atom is 0.0755 e. The van der Waals surface area contributed by atoms with Gasteiger partial charge >= 0.3 is 0 Å². The minimum Gasteiger partial charge on any atom is -0.310 e. The van der Waals surface area contributed by atoms with Crippen LogP contribution < -0.4 is 4.90 Å². The molecule has 2 nitrogen and oxygen atoms in total. The molecule has 0 saturated heterocycles. The van der Waals surface area contributed by atoms with Gasteiger partial charge in [-0.3, -0.25) is 0 Å². The molecule has 2 heteroatoms. The van der Waals surface area contributed by atoms with E-state index in [1.165, 1.54) is 117 Å². The molecule has 324 valence electrons. The number of hydrogen-bond acceptors (Lipinski definition) is 1. The van der Waals surface area contributed by atoms with Crippen molar-refractivity contribution >= 4 is 38.9 Å². The monoisotopic (exact) mass is 886 g/mol. The normalized spacial score (nSPS) is 15.6. The molecule has 3 aliphatic carbocycles. The van der Waals surface area contributed by atoms with Crippen molar-refractivity contribution in [2.24, 2.45) is 0 Å². The second kappa shape index (κ2) is 13.8. The van der Waals surface area contributed by atoms with Gasteiger partial charge in [0.2, 0.25) is 0 Å². The van der Waals surface area contributed by atoms with Crippen molar-refractivity contribution in [3.63, 3.8) is 0 Å². The Kier molecular flexibility index (Phi) is 7.51. The molecule has 0 amide bonds. The number of aromatic nitrogens is 1. The van der Waals surface area contributed by atoms with Crippen molar-refractivity contribution in [3.8, 4) is 50.2 Å². The zero-order chi connectivity index (χ0) is 45.7. The standard InChI is InChI=1S/C68H42N2/c1-2-19-43(20-3-1)46-21-8-15-34-63(46)69(44-37-39-51-49-24-6-12-30-57(49)67(61(51)41-44)55-28-10-4-22-47(55)48-23-5-11-29-56(48)67)45-38-40-52-50-25-7-13-31-58(50)68(62(52)42-45)59-32-14-17-36-65(59)70-64-35-16-9-26-53(64)54-27-18-33-60(68)66(54)70/h1-42H. The second-order valence-electron chi connectivity index (χ2n) is 19.4. The molecule has 4 aliphatic rings. The van der Waals surface area contributed by atoms with Gasteiger partial charge < -0.3 is 9.47 Å². The molecule has 11 aromatic carbocycles. The largest absolute Gasteiger partial charge is 0.310 e. The second-order valence-corrected chi connectivity index (χ2v) is 19.4. The van der Waals surface area contributed by atoms with Crippen LogP contribution in [0.2, 0.25) is 0 Å². The van der Waals surface area contributed by atoms with Crippen LogP contribution in [0.3, 0.4) is 0 Å². The van der Waals surface area contributed by atoms with E-state index < -0.39 is 10.8 Å². The summed E-state index contributed by atoms with van der Waals surface area (Å²) in [6.07, 6.45) is 0. The third-order valence-electron chi connectivity index (χ3n) is 16.4. The highest BCUT2D eigenvalue weighted by Crippen LogP contribution is 2.65. The summed E-state index contributed by atoms with van der Waals surface area (Å²) in [6, 6.07) is 96.1. The Labute approximate surface area is 406 Å². The van der Waals surface area contributed by atoms with Crippen molar-refractivity contribution in [2.75, 3.05) is 4.90 Å². The fourth-order valence-electron chi connectivity index (χ4n) is 13.9. The predicted octanol–water partition coefficient (Wildman–Crippen LogP) is 16.9. The summed E-state index contributed by atoms with van der Waals surface area (Å²) in [4.78, 5) is 2.55. The quantitative estimate of drug-likeness (QED) is 0.171. The van der Waals surface area contributed by atoms with Gasteiger partial charge in [0.25, 0.3) is 0 Å². The van der Waals surface area contributed by atoms with Crippen LogP contribution in [-0.2, 0) is 10.8 Å².